The van der Waals surface area contributed by atoms with Gasteiger partial charge in [-0.3, -0.25) is 0 Å². The highest BCUT2D eigenvalue weighted by molar-refractivity contribution is 7.90. The standard InChI is InChI=1S/C12H15ClN2O2S/c1-8(5-6-18(2,16)17)12-14-10-4-3-9(13)7-11(10)15-12/h3-4,7-8H,5-6H2,1-2H3,(H,14,15). The molecule has 1 unspecified atom stereocenters. The van der Waals surface area contributed by atoms with E-state index < -0.39 is 9.84 Å². The van der Waals surface area contributed by atoms with Crippen LogP contribution in [0.25, 0.3) is 11.0 Å². The fraction of sp³-hybridized carbons (Fsp3) is 0.417. The number of aromatic amines is 1. The number of rotatable bonds is 4. The minimum atomic E-state index is -2.93. The SMILES string of the molecule is CC(CCS(C)(=O)=O)c1nc2ccc(Cl)cc2[nH]1. The summed E-state index contributed by atoms with van der Waals surface area (Å²) >= 11 is 5.90. The number of hydrogen-bond donors (Lipinski definition) is 1. The molecule has 0 fully saturated rings. The molecule has 18 heavy (non-hydrogen) atoms. The number of nitrogens with zero attached hydrogens (tertiary/aromatic N) is 1. The van der Waals surface area contributed by atoms with Crippen LogP contribution in [0.1, 0.15) is 25.1 Å². The van der Waals surface area contributed by atoms with Gasteiger partial charge in [0.25, 0.3) is 0 Å². The Bertz CT molecular complexity index is 664. The Labute approximate surface area is 111 Å². The second-order valence-electron chi connectivity index (χ2n) is 4.60. The Kier molecular flexibility index (Phi) is 3.64. The number of imidazole rings is 1. The van der Waals surface area contributed by atoms with Gasteiger partial charge in [0.15, 0.2) is 0 Å². The van der Waals surface area contributed by atoms with Crippen LogP contribution in [0.2, 0.25) is 5.02 Å². The van der Waals surface area contributed by atoms with Crippen molar-refractivity contribution >= 4 is 32.5 Å². The molecule has 2 aromatic rings. The lowest BCUT2D eigenvalue weighted by molar-refractivity contribution is 0.592. The maximum absolute atomic E-state index is 11.1. The zero-order valence-electron chi connectivity index (χ0n) is 10.3. The molecule has 0 bridgehead atoms. The molecule has 1 aromatic carbocycles. The van der Waals surface area contributed by atoms with Gasteiger partial charge in [-0.05, 0) is 24.6 Å². The first kappa shape index (κ1) is 13.4. The van der Waals surface area contributed by atoms with Crippen molar-refractivity contribution in [2.75, 3.05) is 12.0 Å². The summed E-state index contributed by atoms with van der Waals surface area (Å²) < 4.78 is 22.3. The van der Waals surface area contributed by atoms with Crippen LogP contribution in [0.5, 0.6) is 0 Å². The van der Waals surface area contributed by atoms with Crippen molar-refractivity contribution in [1.29, 1.82) is 0 Å². The number of nitrogens with one attached hydrogen (secondary N) is 1. The minimum absolute atomic E-state index is 0.0749. The van der Waals surface area contributed by atoms with Gasteiger partial charge in [-0.2, -0.15) is 0 Å². The van der Waals surface area contributed by atoms with E-state index in [-0.39, 0.29) is 11.7 Å². The minimum Gasteiger partial charge on any atom is -0.342 e. The van der Waals surface area contributed by atoms with E-state index in [1.54, 1.807) is 6.07 Å². The molecule has 0 aliphatic rings. The molecule has 1 heterocycles. The number of hydrogen-bond acceptors (Lipinski definition) is 3. The summed E-state index contributed by atoms with van der Waals surface area (Å²) in [6, 6.07) is 5.45. The summed E-state index contributed by atoms with van der Waals surface area (Å²) in [5.74, 6) is 1.05. The topological polar surface area (TPSA) is 62.8 Å². The third-order valence-electron chi connectivity index (χ3n) is 2.85. The van der Waals surface area contributed by atoms with E-state index in [2.05, 4.69) is 9.97 Å². The zero-order chi connectivity index (χ0) is 13.3. The zero-order valence-corrected chi connectivity index (χ0v) is 11.8. The quantitative estimate of drug-likeness (QED) is 0.940. The van der Waals surface area contributed by atoms with Gasteiger partial charge in [-0.1, -0.05) is 18.5 Å². The summed E-state index contributed by atoms with van der Waals surface area (Å²) in [7, 11) is -2.93. The lowest BCUT2D eigenvalue weighted by atomic mass is 10.1. The number of fused-ring (bicyclic) bond motifs is 1. The van der Waals surface area contributed by atoms with Crippen LogP contribution in [0.3, 0.4) is 0 Å². The van der Waals surface area contributed by atoms with Gasteiger partial charge in [0, 0.05) is 17.2 Å². The smallest absolute Gasteiger partial charge is 0.147 e. The van der Waals surface area contributed by atoms with Crippen molar-refractivity contribution in [3.05, 3.63) is 29.0 Å². The number of benzene rings is 1. The van der Waals surface area contributed by atoms with Gasteiger partial charge in [-0.15, -0.1) is 0 Å². The molecule has 0 saturated heterocycles. The van der Waals surface area contributed by atoms with Gasteiger partial charge in [0.1, 0.15) is 15.7 Å². The Morgan fingerprint density at radius 1 is 1.44 bits per heavy atom. The Morgan fingerprint density at radius 2 is 2.17 bits per heavy atom. The molecule has 1 aromatic heterocycles. The van der Waals surface area contributed by atoms with E-state index >= 15 is 0 Å². The first-order valence-corrected chi connectivity index (χ1v) is 8.12. The fourth-order valence-corrected chi connectivity index (χ4v) is 2.72. The lowest BCUT2D eigenvalue weighted by Crippen LogP contribution is -2.07. The second-order valence-corrected chi connectivity index (χ2v) is 7.30. The number of sulfone groups is 1. The monoisotopic (exact) mass is 286 g/mol. The first-order valence-electron chi connectivity index (χ1n) is 5.68. The lowest BCUT2D eigenvalue weighted by Gasteiger charge is -2.06. The molecule has 98 valence electrons. The van der Waals surface area contributed by atoms with Crippen LogP contribution in [0, 0.1) is 0 Å². The van der Waals surface area contributed by atoms with E-state index in [4.69, 9.17) is 11.6 Å². The summed E-state index contributed by atoms with van der Waals surface area (Å²) in [6.07, 6.45) is 1.81. The van der Waals surface area contributed by atoms with Crippen LogP contribution >= 0.6 is 11.6 Å². The molecule has 2 rings (SSSR count). The van der Waals surface area contributed by atoms with Crippen molar-refractivity contribution in [3.63, 3.8) is 0 Å². The molecular weight excluding hydrogens is 272 g/mol. The molecule has 6 heteroatoms. The maximum atomic E-state index is 11.1. The molecule has 0 radical (unpaired) electrons. The van der Waals surface area contributed by atoms with Crippen molar-refractivity contribution in [3.8, 4) is 0 Å². The average Bonchev–Trinajstić information content (AvgIpc) is 2.67. The Hall–Kier alpha value is -1.07. The Balaban J connectivity index is 2.20. The Morgan fingerprint density at radius 3 is 2.83 bits per heavy atom. The van der Waals surface area contributed by atoms with E-state index in [9.17, 15) is 8.42 Å². The second kappa shape index (κ2) is 4.90. The highest BCUT2D eigenvalue weighted by Crippen LogP contribution is 2.22. The maximum Gasteiger partial charge on any atom is 0.147 e. The molecular formula is C12H15ClN2O2S. The number of halogens is 1. The molecule has 0 aliphatic heterocycles. The third kappa shape index (κ3) is 3.23. The summed E-state index contributed by atoms with van der Waals surface area (Å²) in [6.45, 7) is 1.96. The molecule has 0 saturated carbocycles. The molecule has 0 spiro atoms. The molecule has 1 N–H and O–H groups in total. The van der Waals surface area contributed by atoms with Crippen molar-refractivity contribution in [2.45, 2.75) is 19.3 Å². The number of H-pyrrole nitrogens is 1. The molecule has 0 amide bonds. The first-order chi connectivity index (χ1) is 8.35. The highest BCUT2D eigenvalue weighted by Gasteiger charge is 2.13. The summed E-state index contributed by atoms with van der Waals surface area (Å²) in [5, 5.41) is 0.654. The van der Waals surface area contributed by atoms with Crippen LogP contribution in [-0.2, 0) is 9.84 Å². The van der Waals surface area contributed by atoms with E-state index in [0.29, 0.717) is 11.4 Å². The van der Waals surface area contributed by atoms with Crippen LogP contribution in [-0.4, -0.2) is 30.4 Å². The van der Waals surface area contributed by atoms with Gasteiger partial charge in [0.05, 0.1) is 16.8 Å². The average molecular weight is 287 g/mol. The fourth-order valence-electron chi connectivity index (χ4n) is 1.76. The molecule has 4 nitrogen and oxygen atoms in total. The van der Waals surface area contributed by atoms with Crippen LogP contribution in [0.4, 0.5) is 0 Å². The number of aromatic nitrogens is 2. The van der Waals surface area contributed by atoms with Gasteiger partial charge >= 0.3 is 0 Å². The van der Waals surface area contributed by atoms with Crippen molar-refractivity contribution in [2.24, 2.45) is 0 Å². The van der Waals surface area contributed by atoms with Gasteiger partial charge < -0.3 is 4.98 Å². The normalized spacial score (nSPS) is 13.9. The summed E-state index contributed by atoms with van der Waals surface area (Å²) in [4.78, 5) is 7.63. The molecule has 1 atom stereocenters. The van der Waals surface area contributed by atoms with E-state index in [1.165, 1.54) is 6.26 Å². The predicted molar refractivity (Wildman–Crippen MR) is 73.8 cm³/mol. The summed E-state index contributed by atoms with van der Waals surface area (Å²) in [5.41, 5.74) is 1.73. The predicted octanol–water partition coefficient (Wildman–Crippen LogP) is 2.75. The van der Waals surface area contributed by atoms with Crippen molar-refractivity contribution in [1.82, 2.24) is 9.97 Å². The van der Waals surface area contributed by atoms with Crippen LogP contribution in [0.15, 0.2) is 18.2 Å². The van der Waals surface area contributed by atoms with Gasteiger partial charge in [0.2, 0.25) is 0 Å². The van der Waals surface area contributed by atoms with Crippen LogP contribution < -0.4 is 0 Å². The van der Waals surface area contributed by atoms with E-state index in [0.717, 1.165) is 16.9 Å². The van der Waals surface area contributed by atoms with Crippen molar-refractivity contribution < 1.29 is 8.42 Å². The van der Waals surface area contributed by atoms with Gasteiger partial charge in [-0.25, -0.2) is 13.4 Å². The largest absolute Gasteiger partial charge is 0.342 e. The van der Waals surface area contributed by atoms with E-state index in [1.807, 2.05) is 19.1 Å². The molecule has 0 aliphatic carbocycles. The highest BCUT2D eigenvalue weighted by atomic mass is 35.5. The third-order valence-corrected chi connectivity index (χ3v) is 4.06.